The first-order valence-corrected chi connectivity index (χ1v) is 6.87. The molecule has 1 heterocycles. The van der Waals surface area contributed by atoms with E-state index in [1.807, 2.05) is 18.7 Å². The van der Waals surface area contributed by atoms with Crippen LogP contribution in [0.15, 0.2) is 11.1 Å². The van der Waals surface area contributed by atoms with E-state index in [-0.39, 0.29) is 10.8 Å². The lowest BCUT2D eigenvalue weighted by molar-refractivity contribution is 0.597. The van der Waals surface area contributed by atoms with Crippen molar-refractivity contribution in [3.8, 4) is 0 Å². The Labute approximate surface area is 95.4 Å². The van der Waals surface area contributed by atoms with Gasteiger partial charge in [0.1, 0.15) is 5.82 Å². The fraction of sp³-hybridized carbons (Fsp3) is 0.556. The second kappa shape index (κ2) is 4.65. The highest BCUT2D eigenvalue weighted by molar-refractivity contribution is 7.90. The smallest absolute Gasteiger partial charge is 0.228 e. The quantitative estimate of drug-likeness (QED) is 0.767. The minimum atomic E-state index is -3.36. The number of nitrogen functional groups attached to an aromatic ring is 1. The van der Waals surface area contributed by atoms with Crippen molar-refractivity contribution in [3.63, 3.8) is 0 Å². The maximum Gasteiger partial charge on any atom is 0.228 e. The largest absolute Gasteiger partial charge is 0.383 e. The molecule has 90 valence electrons. The van der Waals surface area contributed by atoms with Crippen molar-refractivity contribution in [2.45, 2.75) is 18.9 Å². The predicted molar refractivity (Wildman–Crippen MR) is 63.1 cm³/mol. The molecular weight excluding hydrogens is 228 g/mol. The van der Waals surface area contributed by atoms with Crippen molar-refractivity contribution in [2.75, 3.05) is 30.0 Å². The SMILES string of the molecule is CCN(CC)c1nc(N)cc(S(C)(=O)=O)n1. The van der Waals surface area contributed by atoms with Crippen LogP contribution in [0.4, 0.5) is 11.8 Å². The number of nitrogens with zero attached hydrogens (tertiary/aromatic N) is 3. The van der Waals surface area contributed by atoms with E-state index in [2.05, 4.69) is 9.97 Å². The standard InChI is InChI=1S/C9H16N4O2S/c1-4-13(5-2)9-11-7(10)6-8(12-9)16(3,14)15/h6H,4-5H2,1-3H3,(H2,10,11,12). The molecule has 0 atom stereocenters. The molecule has 16 heavy (non-hydrogen) atoms. The fourth-order valence-electron chi connectivity index (χ4n) is 1.27. The Morgan fingerprint density at radius 2 is 1.88 bits per heavy atom. The van der Waals surface area contributed by atoms with Gasteiger partial charge in [0.15, 0.2) is 14.9 Å². The lowest BCUT2D eigenvalue weighted by Crippen LogP contribution is -2.25. The summed E-state index contributed by atoms with van der Waals surface area (Å²) in [5, 5.41) is -0.0399. The van der Waals surface area contributed by atoms with Gasteiger partial charge in [-0.1, -0.05) is 0 Å². The topological polar surface area (TPSA) is 89.2 Å². The number of anilines is 2. The number of aromatic nitrogens is 2. The second-order valence-corrected chi connectivity index (χ2v) is 5.34. The van der Waals surface area contributed by atoms with E-state index in [9.17, 15) is 8.42 Å². The third kappa shape index (κ3) is 2.82. The van der Waals surface area contributed by atoms with Crippen molar-refractivity contribution in [3.05, 3.63) is 6.07 Å². The Morgan fingerprint density at radius 1 is 1.31 bits per heavy atom. The molecule has 0 amide bonds. The molecule has 0 unspecified atom stereocenters. The molecule has 0 saturated heterocycles. The Balaban J connectivity index is 3.28. The highest BCUT2D eigenvalue weighted by Gasteiger charge is 2.14. The summed E-state index contributed by atoms with van der Waals surface area (Å²) in [4.78, 5) is 9.85. The van der Waals surface area contributed by atoms with Gasteiger partial charge in [0.25, 0.3) is 0 Å². The van der Waals surface area contributed by atoms with Gasteiger partial charge in [-0.2, -0.15) is 4.98 Å². The summed E-state index contributed by atoms with van der Waals surface area (Å²) >= 11 is 0. The first kappa shape index (κ1) is 12.7. The summed E-state index contributed by atoms with van der Waals surface area (Å²) in [6.45, 7) is 5.28. The van der Waals surface area contributed by atoms with Gasteiger partial charge in [0, 0.05) is 25.4 Å². The Kier molecular flexibility index (Phi) is 3.69. The van der Waals surface area contributed by atoms with Crippen LogP contribution in [0.25, 0.3) is 0 Å². The molecule has 0 fully saturated rings. The number of rotatable bonds is 4. The minimum absolute atomic E-state index is 0.0399. The third-order valence-corrected chi connectivity index (χ3v) is 3.11. The van der Waals surface area contributed by atoms with Crippen molar-refractivity contribution < 1.29 is 8.42 Å². The first-order chi connectivity index (χ1) is 7.38. The summed E-state index contributed by atoms with van der Waals surface area (Å²) in [5.41, 5.74) is 5.56. The molecule has 0 spiro atoms. The van der Waals surface area contributed by atoms with Gasteiger partial charge in [0.05, 0.1) is 0 Å². The monoisotopic (exact) mass is 244 g/mol. The predicted octanol–water partition coefficient (Wildman–Crippen LogP) is 0.309. The lowest BCUT2D eigenvalue weighted by Gasteiger charge is -2.18. The number of hydrogen-bond donors (Lipinski definition) is 1. The molecule has 0 aliphatic carbocycles. The van der Waals surface area contributed by atoms with Gasteiger partial charge in [0.2, 0.25) is 5.95 Å². The molecule has 7 heteroatoms. The average Bonchev–Trinajstić information content (AvgIpc) is 2.17. The molecular formula is C9H16N4O2S. The van der Waals surface area contributed by atoms with Crippen molar-refractivity contribution >= 4 is 21.6 Å². The summed E-state index contributed by atoms with van der Waals surface area (Å²) in [5.74, 6) is 0.516. The van der Waals surface area contributed by atoms with E-state index in [0.29, 0.717) is 19.0 Å². The maximum atomic E-state index is 11.4. The molecule has 0 aromatic carbocycles. The zero-order valence-electron chi connectivity index (χ0n) is 9.64. The van der Waals surface area contributed by atoms with Crippen LogP contribution in [-0.2, 0) is 9.84 Å². The van der Waals surface area contributed by atoms with Crippen LogP contribution in [0, 0.1) is 0 Å². The van der Waals surface area contributed by atoms with Crippen LogP contribution in [0.5, 0.6) is 0 Å². The van der Waals surface area contributed by atoms with Gasteiger partial charge < -0.3 is 10.6 Å². The molecule has 2 N–H and O–H groups in total. The van der Waals surface area contributed by atoms with Crippen LogP contribution in [0.1, 0.15) is 13.8 Å². The molecule has 0 aliphatic rings. The van der Waals surface area contributed by atoms with Crippen molar-refractivity contribution in [2.24, 2.45) is 0 Å². The van der Waals surface area contributed by atoms with Crippen molar-refractivity contribution in [1.29, 1.82) is 0 Å². The van der Waals surface area contributed by atoms with Gasteiger partial charge in [-0.3, -0.25) is 0 Å². The van der Waals surface area contributed by atoms with E-state index in [0.717, 1.165) is 6.26 Å². The molecule has 0 radical (unpaired) electrons. The van der Waals surface area contributed by atoms with Crippen molar-refractivity contribution in [1.82, 2.24) is 9.97 Å². The molecule has 0 saturated carbocycles. The van der Waals surface area contributed by atoms with Crippen LogP contribution < -0.4 is 10.6 Å². The third-order valence-electron chi connectivity index (χ3n) is 2.14. The van der Waals surface area contributed by atoms with Gasteiger partial charge in [-0.15, -0.1) is 0 Å². The number of sulfone groups is 1. The van der Waals surface area contributed by atoms with Crippen LogP contribution >= 0.6 is 0 Å². The molecule has 1 rings (SSSR count). The Bertz CT molecular complexity index is 468. The van der Waals surface area contributed by atoms with Crippen LogP contribution in [-0.4, -0.2) is 37.7 Å². The number of hydrogen-bond acceptors (Lipinski definition) is 6. The molecule has 1 aromatic rings. The van der Waals surface area contributed by atoms with Crippen LogP contribution in [0.2, 0.25) is 0 Å². The van der Waals surface area contributed by atoms with Crippen LogP contribution in [0.3, 0.4) is 0 Å². The summed E-state index contributed by atoms with van der Waals surface area (Å²) < 4.78 is 22.7. The average molecular weight is 244 g/mol. The minimum Gasteiger partial charge on any atom is -0.383 e. The summed E-state index contributed by atoms with van der Waals surface area (Å²) in [7, 11) is -3.36. The van der Waals surface area contributed by atoms with E-state index in [1.54, 1.807) is 0 Å². The Hall–Kier alpha value is -1.37. The molecule has 1 aromatic heterocycles. The normalized spacial score (nSPS) is 11.4. The zero-order chi connectivity index (χ0) is 12.3. The Morgan fingerprint density at radius 3 is 2.31 bits per heavy atom. The van der Waals surface area contributed by atoms with E-state index >= 15 is 0 Å². The second-order valence-electron chi connectivity index (χ2n) is 3.38. The first-order valence-electron chi connectivity index (χ1n) is 4.98. The highest BCUT2D eigenvalue weighted by Crippen LogP contribution is 2.15. The number of nitrogens with two attached hydrogens (primary N) is 1. The van der Waals surface area contributed by atoms with Gasteiger partial charge >= 0.3 is 0 Å². The summed E-state index contributed by atoms with van der Waals surface area (Å²) in [6.07, 6.45) is 1.10. The lowest BCUT2D eigenvalue weighted by atomic mass is 10.5. The fourth-order valence-corrected chi connectivity index (χ4v) is 1.85. The van der Waals surface area contributed by atoms with Gasteiger partial charge in [-0.25, -0.2) is 13.4 Å². The van der Waals surface area contributed by atoms with E-state index < -0.39 is 9.84 Å². The summed E-state index contributed by atoms with van der Waals surface area (Å²) in [6, 6.07) is 1.27. The highest BCUT2D eigenvalue weighted by atomic mass is 32.2. The zero-order valence-corrected chi connectivity index (χ0v) is 10.5. The molecule has 0 bridgehead atoms. The van der Waals surface area contributed by atoms with Gasteiger partial charge in [-0.05, 0) is 13.8 Å². The molecule has 6 nitrogen and oxygen atoms in total. The van der Waals surface area contributed by atoms with E-state index in [1.165, 1.54) is 6.07 Å². The van der Waals surface area contributed by atoms with E-state index in [4.69, 9.17) is 5.73 Å². The maximum absolute atomic E-state index is 11.4. The molecule has 0 aliphatic heterocycles.